The number of amides is 1. The van der Waals surface area contributed by atoms with Gasteiger partial charge in [-0.25, -0.2) is 0 Å². The molecule has 3 aliphatic rings. The van der Waals surface area contributed by atoms with Crippen LogP contribution in [0, 0.1) is 11.8 Å². The van der Waals surface area contributed by atoms with Crippen LogP contribution in [0.25, 0.3) is 0 Å². The van der Waals surface area contributed by atoms with Gasteiger partial charge in [0.25, 0.3) is 5.91 Å². The first kappa shape index (κ1) is 25.9. The Kier molecular flexibility index (Phi) is 5.86. The fourth-order valence-electron chi connectivity index (χ4n) is 5.97. The first-order valence-corrected chi connectivity index (χ1v) is 11.7. The lowest BCUT2D eigenvalue weighted by Gasteiger charge is -2.53. The highest BCUT2D eigenvalue weighted by Gasteiger charge is 2.67. The number of carbonyl (C=O) groups excluding carboxylic acids is 3. The number of rotatable bonds is 2. The fraction of sp³-hybridized carbons (Fsp3) is 0.500. The SMILES string of the molecule is C[C@@H]1c2cccc(O)c2C(=O)C2=C(O)[C@@]3(O)C(=O)C(C(=O)NC(C)(C)C)=C(O)[C@H](N(C)C)[C@H]3[C@H](O)[C@H]21. The van der Waals surface area contributed by atoms with E-state index in [-0.39, 0.29) is 11.3 Å². The number of hydrogen-bond acceptors (Lipinski definition) is 9. The molecule has 1 aromatic rings. The van der Waals surface area contributed by atoms with Crippen molar-refractivity contribution in [3.05, 3.63) is 52.0 Å². The smallest absolute Gasteiger partial charge is 0.258 e. The number of Topliss-reactive ketones (excluding diaryl/α,β-unsaturated/α-hetero) is 2. The maximum Gasteiger partial charge on any atom is 0.258 e. The van der Waals surface area contributed by atoms with Crippen molar-refractivity contribution in [2.24, 2.45) is 11.8 Å². The normalized spacial score (nSPS) is 32.3. The molecule has 1 aromatic carbocycles. The van der Waals surface area contributed by atoms with Gasteiger partial charge in [0, 0.05) is 17.0 Å². The number of carbonyl (C=O) groups is 3. The minimum absolute atomic E-state index is 0.0893. The average Bonchev–Trinajstić information content (AvgIpc) is 2.75. The number of nitrogens with zero attached hydrogens (tertiary/aromatic N) is 1. The Bertz CT molecular complexity index is 1240. The molecule has 10 heteroatoms. The van der Waals surface area contributed by atoms with Crippen LogP contribution in [0.3, 0.4) is 0 Å². The Labute approximate surface area is 208 Å². The third-order valence-corrected chi connectivity index (χ3v) is 7.46. The van der Waals surface area contributed by atoms with Crippen LogP contribution >= 0.6 is 0 Å². The molecule has 6 N–H and O–H groups in total. The molecule has 1 amide bonds. The standard InChI is InChI=1S/C26H32N2O8/c1-10-11-8-7-9-12(29)14(11)19(30)15-13(10)20(31)17-18(28(5)6)21(32)16(24(35)27-25(2,3)4)23(34)26(17,36)22(15)33/h7-10,13,17-18,20,29,31-33,36H,1-6H3,(H,27,35)/t10-,13+,17+,18-,20-,26-/m1/s1. The van der Waals surface area contributed by atoms with Crippen molar-refractivity contribution in [3.63, 3.8) is 0 Å². The van der Waals surface area contributed by atoms with E-state index >= 15 is 0 Å². The molecule has 194 valence electrons. The highest BCUT2D eigenvalue weighted by Crippen LogP contribution is 2.55. The molecule has 6 atom stereocenters. The second kappa shape index (κ2) is 8.16. The van der Waals surface area contributed by atoms with E-state index in [0.717, 1.165) is 0 Å². The molecule has 0 radical (unpaired) electrons. The van der Waals surface area contributed by atoms with E-state index in [1.54, 1.807) is 39.8 Å². The van der Waals surface area contributed by atoms with E-state index in [1.807, 2.05) is 0 Å². The summed E-state index contributed by atoms with van der Waals surface area (Å²) in [5.74, 6) is -8.25. The predicted octanol–water partition coefficient (Wildman–Crippen LogP) is 1.08. The summed E-state index contributed by atoms with van der Waals surface area (Å²) < 4.78 is 0. The third-order valence-electron chi connectivity index (χ3n) is 7.46. The number of aliphatic hydroxyl groups excluding tert-OH is 3. The van der Waals surface area contributed by atoms with E-state index in [4.69, 9.17) is 0 Å². The summed E-state index contributed by atoms with van der Waals surface area (Å²) in [6.45, 7) is 6.69. The quantitative estimate of drug-likeness (QED) is 0.326. The number of ketones is 2. The monoisotopic (exact) mass is 500 g/mol. The lowest BCUT2D eigenvalue weighted by Crippen LogP contribution is -2.68. The molecule has 0 bridgehead atoms. The summed E-state index contributed by atoms with van der Waals surface area (Å²) in [7, 11) is 3.06. The molecule has 0 spiro atoms. The number of phenolic OH excluding ortho intramolecular Hbond substituents is 1. The first-order chi connectivity index (χ1) is 16.6. The molecular weight excluding hydrogens is 468 g/mol. The number of aromatic hydroxyl groups is 1. The van der Waals surface area contributed by atoms with Gasteiger partial charge in [-0.15, -0.1) is 0 Å². The topological polar surface area (TPSA) is 168 Å². The minimum Gasteiger partial charge on any atom is -0.510 e. The molecule has 0 heterocycles. The van der Waals surface area contributed by atoms with E-state index in [2.05, 4.69) is 5.32 Å². The number of benzene rings is 1. The van der Waals surface area contributed by atoms with Crippen LogP contribution in [0.4, 0.5) is 0 Å². The van der Waals surface area contributed by atoms with Gasteiger partial charge in [-0.1, -0.05) is 19.1 Å². The van der Waals surface area contributed by atoms with Gasteiger partial charge in [-0.3, -0.25) is 19.3 Å². The van der Waals surface area contributed by atoms with Crippen LogP contribution in [0.15, 0.2) is 40.9 Å². The summed E-state index contributed by atoms with van der Waals surface area (Å²) in [4.78, 5) is 41.7. The molecule has 0 fully saturated rings. The molecule has 3 aliphatic carbocycles. The first-order valence-electron chi connectivity index (χ1n) is 11.7. The zero-order valence-corrected chi connectivity index (χ0v) is 21.0. The van der Waals surface area contributed by atoms with Crippen molar-refractivity contribution in [2.45, 2.75) is 56.9 Å². The van der Waals surface area contributed by atoms with Crippen molar-refractivity contribution < 1.29 is 39.9 Å². The number of nitrogens with one attached hydrogen (secondary N) is 1. The molecule has 0 unspecified atom stereocenters. The average molecular weight is 501 g/mol. The van der Waals surface area contributed by atoms with Crippen molar-refractivity contribution in [1.29, 1.82) is 0 Å². The van der Waals surface area contributed by atoms with Gasteiger partial charge < -0.3 is 30.8 Å². The number of fused-ring (bicyclic) bond motifs is 3. The highest BCUT2D eigenvalue weighted by atomic mass is 16.4. The molecular formula is C26H32N2O8. The number of likely N-dealkylation sites (N-methyl/N-ethyl adjacent to an activating group) is 1. The molecule has 10 nitrogen and oxygen atoms in total. The van der Waals surface area contributed by atoms with Gasteiger partial charge >= 0.3 is 0 Å². The lowest BCUT2D eigenvalue weighted by molar-refractivity contribution is -0.162. The third kappa shape index (κ3) is 3.39. The summed E-state index contributed by atoms with van der Waals surface area (Å²) in [6.07, 6.45) is -1.58. The summed E-state index contributed by atoms with van der Waals surface area (Å²) in [5.41, 5.74) is -4.49. The van der Waals surface area contributed by atoms with Crippen molar-refractivity contribution in [1.82, 2.24) is 10.2 Å². The van der Waals surface area contributed by atoms with Gasteiger partial charge in [0.15, 0.2) is 11.4 Å². The molecule has 4 rings (SSSR count). The Morgan fingerprint density at radius 1 is 1.11 bits per heavy atom. The van der Waals surface area contributed by atoms with Crippen LogP contribution < -0.4 is 5.32 Å². The summed E-state index contributed by atoms with van der Waals surface area (Å²) in [6, 6.07) is 3.24. The largest absolute Gasteiger partial charge is 0.510 e. The van der Waals surface area contributed by atoms with E-state index < -0.39 is 81.2 Å². The zero-order valence-electron chi connectivity index (χ0n) is 21.0. The Hall–Kier alpha value is -3.21. The van der Waals surface area contributed by atoms with Gasteiger partial charge in [0.2, 0.25) is 5.78 Å². The second-order valence-corrected chi connectivity index (χ2v) is 11.1. The van der Waals surface area contributed by atoms with E-state index in [1.165, 1.54) is 25.1 Å². The number of aliphatic hydroxyl groups is 4. The molecule has 0 aliphatic heterocycles. The van der Waals surface area contributed by atoms with E-state index in [0.29, 0.717) is 5.56 Å². The fourth-order valence-corrected chi connectivity index (χ4v) is 5.97. The Morgan fingerprint density at radius 3 is 2.28 bits per heavy atom. The Morgan fingerprint density at radius 2 is 1.72 bits per heavy atom. The van der Waals surface area contributed by atoms with Crippen LogP contribution in [-0.4, -0.2) is 85.3 Å². The second-order valence-electron chi connectivity index (χ2n) is 11.1. The van der Waals surface area contributed by atoms with Crippen molar-refractivity contribution >= 4 is 17.5 Å². The van der Waals surface area contributed by atoms with Crippen LogP contribution in [0.2, 0.25) is 0 Å². The molecule has 0 saturated heterocycles. The van der Waals surface area contributed by atoms with E-state index in [9.17, 15) is 39.9 Å². The maximum atomic E-state index is 13.7. The van der Waals surface area contributed by atoms with Crippen LogP contribution in [0.1, 0.15) is 49.5 Å². The van der Waals surface area contributed by atoms with Gasteiger partial charge in [-0.05, 0) is 52.4 Å². The predicted molar refractivity (Wildman–Crippen MR) is 128 cm³/mol. The van der Waals surface area contributed by atoms with Gasteiger partial charge in [0.1, 0.15) is 22.8 Å². The maximum absolute atomic E-state index is 13.7. The number of hydrogen-bond donors (Lipinski definition) is 6. The lowest BCUT2D eigenvalue weighted by atomic mass is 9.55. The Balaban J connectivity index is 2.00. The molecule has 0 saturated carbocycles. The van der Waals surface area contributed by atoms with Crippen molar-refractivity contribution in [3.8, 4) is 5.75 Å². The van der Waals surface area contributed by atoms with Crippen LogP contribution in [-0.2, 0) is 9.59 Å². The van der Waals surface area contributed by atoms with Gasteiger partial charge in [0.05, 0.1) is 23.6 Å². The summed E-state index contributed by atoms with van der Waals surface area (Å²) >= 11 is 0. The van der Waals surface area contributed by atoms with Crippen LogP contribution in [0.5, 0.6) is 5.75 Å². The summed E-state index contributed by atoms with van der Waals surface area (Å²) in [5, 5.41) is 58.9. The zero-order chi connectivity index (χ0) is 27.1. The van der Waals surface area contributed by atoms with Gasteiger partial charge in [-0.2, -0.15) is 0 Å². The highest BCUT2D eigenvalue weighted by molar-refractivity contribution is 6.25. The van der Waals surface area contributed by atoms with Crippen molar-refractivity contribution in [2.75, 3.05) is 14.1 Å². The number of phenols is 1. The molecule has 36 heavy (non-hydrogen) atoms. The minimum atomic E-state index is -2.88. The molecule has 0 aromatic heterocycles.